The number of nitrogens with one attached hydrogen (secondary N) is 1. The van der Waals surface area contributed by atoms with Gasteiger partial charge in [-0.25, -0.2) is 4.99 Å². The zero-order chi connectivity index (χ0) is 19.3. The van der Waals surface area contributed by atoms with Crippen molar-refractivity contribution in [2.45, 2.75) is 19.0 Å². The summed E-state index contributed by atoms with van der Waals surface area (Å²) in [5.74, 6) is 0.374. The zero-order valence-corrected chi connectivity index (χ0v) is 15.5. The van der Waals surface area contributed by atoms with Crippen molar-refractivity contribution in [3.05, 3.63) is 96.1 Å². The van der Waals surface area contributed by atoms with Gasteiger partial charge in [-0.15, -0.1) is 0 Å². The van der Waals surface area contributed by atoms with E-state index in [4.69, 9.17) is 10.7 Å². The molecule has 0 aromatic heterocycles. The first kappa shape index (κ1) is 17.8. The van der Waals surface area contributed by atoms with E-state index in [0.717, 1.165) is 22.5 Å². The Morgan fingerprint density at radius 3 is 2.29 bits per heavy atom. The van der Waals surface area contributed by atoms with Crippen LogP contribution in [-0.4, -0.2) is 16.8 Å². The molecular formula is C23H22N4O. The van der Waals surface area contributed by atoms with Crippen LogP contribution in [0.2, 0.25) is 0 Å². The Hall–Kier alpha value is -3.60. The Balaban J connectivity index is 1.77. The van der Waals surface area contributed by atoms with Crippen molar-refractivity contribution >= 4 is 23.2 Å². The third-order valence-electron chi connectivity index (χ3n) is 4.79. The molecule has 0 fully saturated rings. The van der Waals surface area contributed by atoms with E-state index in [2.05, 4.69) is 22.3 Å². The first-order valence-electron chi connectivity index (χ1n) is 9.29. The minimum Gasteiger partial charge on any atom is -0.370 e. The number of para-hydroxylation sites is 2. The SMILES string of the molecule is NC(=O)CC1c2ccccc2N=C(Nc2ccccc2)N1Cc1ccccc1. The molecule has 0 bridgehead atoms. The molecule has 0 saturated heterocycles. The molecule has 5 heteroatoms. The Morgan fingerprint density at radius 2 is 1.57 bits per heavy atom. The molecular weight excluding hydrogens is 348 g/mol. The van der Waals surface area contributed by atoms with Gasteiger partial charge in [-0.1, -0.05) is 66.7 Å². The lowest BCUT2D eigenvalue weighted by Gasteiger charge is -2.38. The van der Waals surface area contributed by atoms with Crippen LogP contribution in [0, 0.1) is 0 Å². The molecule has 3 aromatic carbocycles. The average Bonchev–Trinajstić information content (AvgIpc) is 2.71. The van der Waals surface area contributed by atoms with Gasteiger partial charge in [-0.3, -0.25) is 4.79 Å². The third-order valence-corrected chi connectivity index (χ3v) is 4.79. The molecule has 0 radical (unpaired) electrons. The van der Waals surface area contributed by atoms with Crippen LogP contribution in [0.3, 0.4) is 0 Å². The standard InChI is InChI=1S/C23H22N4O/c24-22(28)15-21-19-13-7-8-14-20(19)26-23(25-18-11-5-2-6-12-18)27(21)16-17-9-3-1-4-10-17/h1-14,21H,15-16H2,(H2,24,28)(H,25,26). The fraction of sp³-hybridized carbons (Fsp3) is 0.130. The monoisotopic (exact) mass is 370 g/mol. The van der Waals surface area contributed by atoms with Gasteiger partial charge in [0.05, 0.1) is 18.2 Å². The number of hydrogen-bond acceptors (Lipinski definition) is 4. The lowest BCUT2D eigenvalue weighted by atomic mass is 9.97. The number of hydrogen-bond donors (Lipinski definition) is 2. The number of anilines is 1. The van der Waals surface area contributed by atoms with E-state index < -0.39 is 0 Å². The molecule has 3 aromatic rings. The van der Waals surface area contributed by atoms with E-state index in [0.29, 0.717) is 12.5 Å². The van der Waals surface area contributed by atoms with Gasteiger partial charge in [0.1, 0.15) is 0 Å². The summed E-state index contributed by atoms with van der Waals surface area (Å²) in [4.78, 5) is 18.9. The summed E-state index contributed by atoms with van der Waals surface area (Å²) in [6.45, 7) is 0.617. The molecule has 140 valence electrons. The average molecular weight is 370 g/mol. The smallest absolute Gasteiger partial charge is 0.219 e. The molecule has 1 aliphatic rings. The topological polar surface area (TPSA) is 70.7 Å². The quantitative estimate of drug-likeness (QED) is 0.706. The number of guanidine groups is 1. The summed E-state index contributed by atoms with van der Waals surface area (Å²) in [6.07, 6.45) is 0.222. The molecule has 1 amide bonds. The van der Waals surface area contributed by atoms with Crippen LogP contribution in [-0.2, 0) is 11.3 Å². The first-order chi connectivity index (χ1) is 13.7. The highest BCUT2D eigenvalue weighted by atomic mass is 16.1. The summed E-state index contributed by atoms with van der Waals surface area (Å²) >= 11 is 0. The lowest BCUT2D eigenvalue weighted by molar-refractivity contribution is -0.119. The fourth-order valence-electron chi connectivity index (χ4n) is 3.49. The Kier molecular flexibility index (Phi) is 5.06. The number of carbonyl (C=O) groups is 1. The van der Waals surface area contributed by atoms with Crippen LogP contribution in [0.1, 0.15) is 23.6 Å². The molecule has 4 rings (SSSR count). The zero-order valence-electron chi connectivity index (χ0n) is 15.5. The second-order valence-corrected chi connectivity index (χ2v) is 6.78. The lowest BCUT2D eigenvalue weighted by Crippen LogP contribution is -2.42. The van der Waals surface area contributed by atoms with Crippen LogP contribution in [0.25, 0.3) is 0 Å². The Morgan fingerprint density at radius 1 is 0.929 bits per heavy atom. The molecule has 0 saturated carbocycles. The highest BCUT2D eigenvalue weighted by Crippen LogP contribution is 2.37. The molecule has 1 atom stereocenters. The minimum atomic E-state index is -0.334. The van der Waals surface area contributed by atoms with Crippen molar-refractivity contribution in [1.82, 2.24) is 4.90 Å². The predicted molar refractivity (Wildman–Crippen MR) is 112 cm³/mol. The summed E-state index contributed by atoms with van der Waals surface area (Å²) in [5, 5.41) is 3.42. The molecule has 0 aliphatic carbocycles. The number of primary amides is 1. The maximum absolute atomic E-state index is 11.9. The van der Waals surface area contributed by atoms with E-state index in [-0.39, 0.29) is 18.4 Å². The van der Waals surface area contributed by atoms with Gasteiger partial charge in [-0.05, 0) is 23.8 Å². The van der Waals surface area contributed by atoms with Crippen molar-refractivity contribution in [2.75, 3.05) is 5.32 Å². The maximum atomic E-state index is 11.9. The van der Waals surface area contributed by atoms with E-state index in [9.17, 15) is 4.79 Å². The summed E-state index contributed by atoms with van der Waals surface area (Å²) in [7, 11) is 0. The van der Waals surface area contributed by atoms with Crippen molar-refractivity contribution in [3.63, 3.8) is 0 Å². The molecule has 1 heterocycles. The van der Waals surface area contributed by atoms with Crippen LogP contribution in [0.4, 0.5) is 11.4 Å². The third kappa shape index (κ3) is 3.88. The van der Waals surface area contributed by atoms with E-state index in [1.54, 1.807) is 0 Å². The van der Waals surface area contributed by atoms with Gasteiger partial charge in [0.2, 0.25) is 11.9 Å². The van der Waals surface area contributed by atoms with Crippen LogP contribution < -0.4 is 11.1 Å². The number of benzene rings is 3. The van der Waals surface area contributed by atoms with Crippen molar-refractivity contribution in [3.8, 4) is 0 Å². The minimum absolute atomic E-state index is 0.183. The van der Waals surface area contributed by atoms with Crippen molar-refractivity contribution in [1.29, 1.82) is 0 Å². The van der Waals surface area contributed by atoms with Gasteiger partial charge in [0, 0.05) is 17.8 Å². The van der Waals surface area contributed by atoms with Crippen molar-refractivity contribution in [2.24, 2.45) is 10.7 Å². The highest BCUT2D eigenvalue weighted by molar-refractivity contribution is 5.97. The van der Waals surface area contributed by atoms with E-state index in [1.165, 1.54) is 0 Å². The first-order valence-corrected chi connectivity index (χ1v) is 9.29. The Bertz CT molecular complexity index is 986. The van der Waals surface area contributed by atoms with Gasteiger partial charge < -0.3 is 16.0 Å². The predicted octanol–water partition coefficient (Wildman–Crippen LogP) is 4.22. The largest absolute Gasteiger partial charge is 0.370 e. The number of rotatable bonds is 5. The van der Waals surface area contributed by atoms with E-state index in [1.807, 2.05) is 72.8 Å². The van der Waals surface area contributed by atoms with Gasteiger partial charge >= 0.3 is 0 Å². The number of nitrogens with zero attached hydrogens (tertiary/aromatic N) is 2. The number of fused-ring (bicyclic) bond motifs is 1. The second-order valence-electron chi connectivity index (χ2n) is 6.78. The number of amides is 1. The van der Waals surface area contributed by atoms with E-state index >= 15 is 0 Å². The normalized spacial score (nSPS) is 15.5. The van der Waals surface area contributed by atoms with Crippen LogP contribution in [0.15, 0.2) is 89.9 Å². The van der Waals surface area contributed by atoms with Gasteiger partial charge in [-0.2, -0.15) is 0 Å². The summed E-state index contributed by atoms with van der Waals surface area (Å²) in [5.41, 5.74) is 9.56. The molecule has 3 N–H and O–H groups in total. The molecule has 1 unspecified atom stereocenters. The van der Waals surface area contributed by atoms with Crippen molar-refractivity contribution < 1.29 is 4.79 Å². The molecule has 1 aliphatic heterocycles. The van der Waals surface area contributed by atoms with Crippen LogP contribution >= 0.6 is 0 Å². The molecule has 0 spiro atoms. The second kappa shape index (κ2) is 7.96. The number of aliphatic imine (C=N–C) groups is 1. The van der Waals surface area contributed by atoms with Crippen LogP contribution in [0.5, 0.6) is 0 Å². The highest BCUT2D eigenvalue weighted by Gasteiger charge is 2.31. The summed E-state index contributed by atoms with van der Waals surface area (Å²) < 4.78 is 0. The maximum Gasteiger partial charge on any atom is 0.219 e. The number of carbonyl (C=O) groups excluding carboxylic acids is 1. The van der Waals surface area contributed by atoms with Gasteiger partial charge in [0.25, 0.3) is 0 Å². The number of nitrogens with two attached hydrogens (primary N) is 1. The molecule has 5 nitrogen and oxygen atoms in total. The Labute approximate surface area is 164 Å². The van der Waals surface area contributed by atoms with Gasteiger partial charge in [0.15, 0.2) is 0 Å². The molecule has 28 heavy (non-hydrogen) atoms. The summed E-state index contributed by atoms with van der Waals surface area (Å²) in [6, 6.07) is 27.8. The fourth-order valence-corrected chi connectivity index (χ4v) is 3.49.